The first-order chi connectivity index (χ1) is 6.31. The molecule has 0 atom stereocenters. The summed E-state index contributed by atoms with van der Waals surface area (Å²) >= 11 is 3.39. The van der Waals surface area contributed by atoms with Crippen molar-refractivity contribution in [2.45, 2.75) is 0 Å². The van der Waals surface area contributed by atoms with Crippen LogP contribution in [-0.2, 0) is 0 Å². The second-order valence-corrected chi connectivity index (χ2v) is 3.55. The number of hydrogen-bond donors (Lipinski definition) is 0. The van der Waals surface area contributed by atoms with Gasteiger partial charge >= 0.3 is 0 Å². The summed E-state index contributed by atoms with van der Waals surface area (Å²) < 4.78 is 0.947. The van der Waals surface area contributed by atoms with E-state index in [1.165, 1.54) is 0 Å². The first kappa shape index (κ1) is 8.38. The van der Waals surface area contributed by atoms with E-state index < -0.39 is 0 Å². The number of pyridine rings is 1. The van der Waals surface area contributed by atoms with Crippen molar-refractivity contribution in [3.05, 3.63) is 40.5 Å². The Morgan fingerprint density at radius 2 is 2.23 bits per heavy atom. The highest BCUT2D eigenvalue weighted by atomic mass is 79.9. The molecule has 64 valence electrons. The third kappa shape index (κ3) is 1.47. The number of halogens is 1. The van der Waals surface area contributed by atoms with Gasteiger partial charge in [-0.3, -0.25) is 9.78 Å². The van der Waals surface area contributed by atoms with Crippen molar-refractivity contribution in [1.29, 1.82) is 0 Å². The summed E-state index contributed by atoms with van der Waals surface area (Å²) in [4.78, 5) is 14.7. The van der Waals surface area contributed by atoms with Crippen LogP contribution in [0.15, 0.2) is 34.9 Å². The molecule has 0 bridgehead atoms. The highest BCUT2D eigenvalue weighted by molar-refractivity contribution is 9.10. The normalized spacial score (nSPS) is 10.2. The van der Waals surface area contributed by atoms with Crippen LogP contribution >= 0.6 is 15.9 Å². The summed E-state index contributed by atoms with van der Waals surface area (Å²) in [5.74, 6) is 0. The van der Waals surface area contributed by atoms with Crippen molar-refractivity contribution in [2.24, 2.45) is 0 Å². The number of para-hydroxylation sites is 1. The molecule has 0 N–H and O–H groups in total. The van der Waals surface area contributed by atoms with E-state index in [4.69, 9.17) is 0 Å². The number of carbonyl (C=O) groups excluding carboxylic acids is 1. The van der Waals surface area contributed by atoms with E-state index in [0.717, 1.165) is 21.7 Å². The molecule has 0 unspecified atom stereocenters. The van der Waals surface area contributed by atoms with E-state index in [0.29, 0.717) is 5.56 Å². The summed E-state index contributed by atoms with van der Waals surface area (Å²) in [6, 6.07) is 7.60. The number of aromatic nitrogens is 1. The Hall–Kier alpha value is -1.22. The molecule has 0 spiro atoms. The van der Waals surface area contributed by atoms with Gasteiger partial charge in [-0.15, -0.1) is 0 Å². The Kier molecular flexibility index (Phi) is 2.10. The highest BCUT2D eigenvalue weighted by Crippen LogP contribution is 2.21. The maximum Gasteiger partial charge on any atom is 0.151 e. The van der Waals surface area contributed by atoms with Gasteiger partial charge in [-0.1, -0.05) is 12.1 Å². The van der Waals surface area contributed by atoms with Gasteiger partial charge in [0.05, 0.1) is 5.52 Å². The molecule has 2 rings (SSSR count). The van der Waals surface area contributed by atoms with Gasteiger partial charge < -0.3 is 0 Å². The zero-order valence-corrected chi connectivity index (χ0v) is 8.28. The fourth-order valence-corrected chi connectivity index (χ4v) is 1.69. The molecule has 0 amide bonds. The number of rotatable bonds is 1. The maximum absolute atomic E-state index is 10.5. The molecule has 0 saturated heterocycles. The summed E-state index contributed by atoms with van der Waals surface area (Å²) in [6.07, 6.45) is 2.37. The van der Waals surface area contributed by atoms with Crippen molar-refractivity contribution in [3.8, 4) is 0 Å². The Bertz CT molecular complexity index is 467. The van der Waals surface area contributed by atoms with Crippen LogP contribution in [-0.4, -0.2) is 11.3 Å². The van der Waals surface area contributed by atoms with Crippen molar-refractivity contribution in [1.82, 2.24) is 4.98 Å². The molecule has 2 aromatic rings. The minimum atomic E-state index is 0.602. The van der Waals surface area contributed by atoms with Gasteiger partial charge in [-0.25, -0.2) is 0 Å². The zero-order valence-electron chi connectivity index (χ0n) is 6.70. The van der Waals surface area contributed by atoms with Crippen molar-refractivity contribution in [3.63, 3.8) is 0 Å². The van der Waals surface area contributed by atoms with Crippen LogP contribution in [0.1, 0.15) is 10.4 Å². The van der Waals surface area contributed by atoms with Crippen LogP contribution in [0.25, 0.3) is 10.9 Å². The number of nitrogens with zero attached hydrogens (tertiary/aromatic N) is 1. The van der Waals surface area contributed by atoms with Gasteiger partial charge in [0.15, 0.2) is 6.29 Å². The number of fused-ring (bicyclic) bond motifs is 1. The fraction of sp³-hybridized carbons (Fsp3) is 0. The average molecular weight is 236 g/mol. The number of hydrogen-bond acceptors (Lipinski definition) is 2. The molecular weight excluding hydrogens is 230 g/mol. The molecule has 1 aromatic carbocycles. The standard InChI is InChI=1S/C10H6BrNO/c11-9-3-1-2-8-4-7(6-13)5-12-10(8)9/h1-6H. The Labute approximate surface area is 83.7 Å². The molecular formula is C10H6BrNO. The average Bonchev–Trinajstić information content (AvgIpc) is 2.18. The lowest BCUT2D eigenvalue weighted by atomic mass is 10.2. The minimum absolute atomic E-state index is 0.602. The van der Waals surface area contributed by atoms with Gasteiger partial charge in [0.2, 0.25) is 0 Å². The topological polar surface area (TPSA) is 30.0 Å². The van der Waals surface area contributed by atoms with Crippen LogP contribution in [0.5, 0.6) is 0 Å². The first-order valence-corrected chi connectivity index (χ1v) is 4.60. The number of carbonyl (C=O) groups is 1. The first-order valence-electron chi connectivity index (χ1n) is 3.81. The summed E-state index contributed by atoms with van der Waals surface area (Å²) in [5.41, 5.74) is 1.48. The number of benzene rings is 1. The van der Waals surface area contributed by atoms with Crippen LogP contribution in [0.2, 0.25) is 0 Å². The summed E-state index contributed by atoms with van der Waals surface area (Å²) in [5, 5.41) is 0.971. The van der Waals surface area contributed by atoms with E-state index in [1.807, 2.05) is 24.3 Å². The third-order valence-corrected chi connectivity index (χ3v) is 2.46. The predicted molar refractivity (Wildman–Crippen MR) is 54.8 cm³/mol. The highest BCUT2D eigenvalue weighted by Gasteiger charge is 1.99. The minimum Gasteiger partial charge on any atom is -0.298 e. The number of aldehydes is 1. The second-order valence-electron chi connectivity index (χ2n) is 2.70. The molecule has 1 heterocycles. The second kappa shape index (κ2) is 3.26. The fourth-order valence-electron chi connectivity index (χ4n) is 1.21. The molecule has 1 aromatic heterocycles. The van der Waals surface area contributed by atoms with Crippen LogP contribution in [0, 0.1) is 0 Å². The quantitative estimate of drug-likeness (QED) is 0.712. The largest absolute Gasteiger partial charge is 0.298 e. The molecule has 0 aliphatic carbocycles. The molecule has 2 nitrogen and oxygen atoms in total. The van der Waals surface area contributed by atoms with Crippen molar-refractivity contribution >= 4 is 33.1 Å². The molecule has 0 fully saturated rings. The molecule has 0 aliphatic rings. The van der Waals surface area contributed by atoms with Crippen LogP contribution in [0.4, 0.5) is 0 Å². The SMILES string of the molecule is O=Cc1cnc2c(Br)cccc2c1. The molecule has 13 heavy (non-hydrogen) atoms. The lowest BCUT2D eigenvalue weighted by Gasteiger charge is -1.99. The zero-order chi connectivity index (χ0) is 9.26. The van der Waals surface area contributed by atoms with Gasteiger partial charge in [0.25, 0.3) is 0 Å². The lowest BCUT2D eigenvalue weighted by Crippen LogP contribution is -1.84. The van der Waals surface area contributed by atoms with E-state index in [2.05, 4.69) is 20.9 Å². The van der Waals surface area contributed by atoms with Gasteiger partial charge in [0, 0.05) is 21.6 Å². The molecule has 0 saturated carbocycles. The van der Waals surface area contributed by atoms with Gasteiger partial charge in [-0.2, -0.15) is 0 Å². The molecule has 0 radical (unpaired) electrons. The predicted octanol–water partition coefficient (Wildman–Crippen LogP) is 2.81. The van der Waals surface area contributed by atoms with E-state index in [9.17, 15) is 4.79 Å². The Morgan fingerprint density at radius 1 is 1.38 bits per heavy atom. The van der Waals surface area contributed by atoms with Gasteiger partial charge in [-0.05, 0) is 28.1 Å². The van der Waals surface area contributed by atoms with E-state index >= 15 is 0 Å². The lowest BCUT2D eigenvalue weighted by molar-refractivity contribution is 0.112. The van der Waals surface area contributed by atoms with E-state index in [-0.39, 0.29) is 0 Å². The molecule has 3 heteroatoms. The Balaban J connectivity index is 2.79. The maximum atomic E-state index is 10.5. The summed E-state index contributed by atoms with van der Waals surface area (Å²) in [7, 11) is 0. The summed E-state index contributed by atoms with van der Waals surface area (Å²) in [6.45, 7) is 0. The van der Waals surface area contributed by atoms with Crippen molar-refractivity contribution in [2.75, 3.05) is 0 Å². The van der Waals surface area contributed by atoms with Crippen molar-refractivity contribution < 1.29 is 4.79 Å². The third-order valence-electron chi connectivity index (χ3n) is 1.82. The molecule has 0 aliphatic heterocycles. The van der Waals surface area contributed by atoms with E-state index in [1.54, 1.807) is 6.20 Å². The van der Waals surface area contributed by atoms with Gasteiger partial charge in [0.1, 0.15) is 0 Å². The smallest absolute Gasteiger partial charge is 0.151 e. The monoisotopic (exact) mass is 235 g/mol. The van der Waals surface area contributed by atoms with Crippen LogP contribution in [0.3, 0.4) is 0 Å². The van der Waals surface area contributed by atoms with Crippen LogP contribution < -0.4 is 0 Å². The Morgan fingerprint density at radius 3 is 3.00 bits per heavy atom.